The summed E-state index contributed by atoms with van der Waals surface area (Å²) in [6.45, 7) is 0.585. The molecule has 5 heteroatoms. The van der Waals surface area contributed by atoms with Crippen LogP contribution < -0.4 is 0 Å². The van der Waals surface area contributed by atoms with Gasteiger partial charge in [-0.05, 0) is 24.6 Å². The molecular weight excluding hydrogens is 293 g/mol. The van der Waals surface area contributed by atoms with E-state index in [4.69, 9.17) is 16.7 Å². The van der Waals surface area contributed by atoms with Crippen LogP contribution in [0.1, 0.15) is 16.8 Å². The minimum Gasteiger partial charge on any atom is -0.396 e. The van der Waals surface area contributed by atoms with Crippen LogP contribution in [0, 0.1) is 0 Å². The number of carbonyl (C=O) groups is 1. The van der Waals surface area contributed by atoms with Crippen molar-refractivity contribution in [3.63, 3.8) is 0 Å². The van der Waals surface area contributed by atoms with E-state index >= 15 is 0 Å². The van der Waals surface area contributed by atoms with Crippen LogP contribution in [0.5, 0.6) is 0 Å². The van der Waals surface area contributed by atoms with Gasteiger partial charge in [0.05, 0.1) is 10.6 Å². The maximum absolute atomic E-state index is 12.0. The molecule has 1 aromatic rings. The average Bonchev–Trinajstić information content (AvgIpc) is 2.28. The predicted molar refractivity (Wildman–Crippen MR) is 67.8 cm³/mol. The summed E-state index contributed by atoms with van der Waals surface area (Å²) in [6, 6.07) is 5.16. The predicted octanol–water partition coefficient (Wildman–Crippen LogP) is 2.56. The lowest BCUT2D eigenvalue weighted by molar-refractivity contribution is 0.0786. The third-order valence-corrected chi connectivity index (χ3v) is 2.98. The Labute approximate surface area is 108 Å². The van der Waals surface area contributed by atoms with Gasteiger partial charge in [-0.15, -0.1) is 0 Å². The minimum absolute atomic E-state index is 0.0733. The van der Waals surface area contributed by atoms with Gasteiger partial charge in [0, 0.05) is 24.7 Å². The van der Waals surface area contributed by atoms with Gasteiger partial charge >= 0.3 is 0 Å². The average molecular weight is 307 g/mol. The molecule has 1 N–H and O–H groups in total. The number of rotatable bonds is 4. The van der Waals surface area contributed by atoms with Crippen molar-refractivity contribution in [2.45, 2.75) is 6.42 Å². The zero-order valence-corrected chi connectivity index (χ0v) is 11.3. The molecule has 0 radical (unpaired) electrons. The van der Waals surface area contributed by atoms with Crippen LogP contribution in [0.4, 0.5) is 0 Å². The van der Waals surface area contributed by atoms with Crippen LogP contribution in [0.3, 0.4) is 0 Å². The Bertz CT molecular complexity index is 384. The van der Waals surface area contributed by atoms with Gasteiger partial charge in [0.1, 0.15) is 0 Å². The number of hydrogen-bond donors (Lipinski definition) is 1. The Morgan fingerprint density at radius 2 is 2.25 bits per heavy atom. The van der Waals surface area contributed by atoms with Crippen molar-refractivity contribution in [3.8, 4) is 0 Å². The number of benzene rings is 1. The number of aliphatic hydroxyl groups is 1. The van der Waals surface area contributed by atoms with Gasteiger partial charge in [-0.1, -0.05) is 27.5 Å². The van der Waals surface area contributed by atoms with E-state index < -0.39 is 0 Å². The SMILES string of the molecule is CN(CCCO)C(=O)c1cc(Br)ccc1Cl. The van der Waals surface area contributed by atoms with Crippen LogP contribution in [0.2, 0.25) is 5.02 Å². The maximum atomic E-state index is 12.0. The highest BCUT2D eigenvalue weighted by Crippen LogP contribution is 2.22. The van der Waals surface area contributed by atoms with Crippen molar-refractivity contribution >= 4 is 33.4 Å². The van der Waals surface area contributed by atoms with Crippen LogP contribution in [-0.2, 0) is 0 Å². The number of nitrogens with zero attached hydrogens (tertiary/aromatic N) is 1. The summed E-state index contributed by atoms with van der Waals surface area (Å²) < 4.78 is 0.816. The van der Waals surface area contributed by atoms with E-state index in [0.29, 0.717) is 23.6 Å². The van der Waals surface area contributed by atoms with Gasteiger partial charge in [0.25, 0.3) is 5.91 Å². The van der Waals surface area contributed by atoms with Gasteiger partial charge in [-0.2, -0.15) is 0 Å². The van der Waals surface area contributed by atoms with E-state index in [-0.39, 0.29) is 12.5 Å². The highest BCUT2D eigenvalue weighted by molar-refractivity contribution is 9.10. The van der Waals surface area contributed by atoms with E-state index in [1.807, 2.05) is 0 Å². The lowest BCUT2D eigenvalue weighted by Gasteiger charge is -2.17. The molecule has 1 amide bonds. The van der Waals surface area contributed by atoms with Crippen LogP contribution >= 0.6 is 27.5 Å². The van der Waals surface area contributed by atoms with Gasteiger partial charge in [0.15, 0.2) is 0 Å². The van der Waals surface area contributed by atoms with Crippen molar-refractivity contribution in [3.05, 3.63) is 33.3 Å². The molecule has 0 bridgehead atoms. The molecule has 0 atom stereocenters. The molecule has 0 aliphatic rings. The Kier molecular flexibility index (Phi) is 5.25. The summed E-state index contributed by atoms with van der Waals surface area (Å²) in [5.74, 6) is -0.139. The van der Waals surface area contributed by atoms with E-state index in [9.17, 15) is 4.79 Å². The summed E-state index contributed by atoms with van der Waals surface area (Å²) in [4.78, 5) is 13.5. The lowest BCUT2D eigenvalue weighted by atomic mass is 10.2. The fourth-order valence-corrected chi connectivity index (χ4v) is 1.84. The number of hydrogen-bond acceptors (Lipinski definition) is 2. The Morgan fingerprint density at radius 3 is 2.88 bits per heavy atom. The van der Waals surface area contributed by atoms with E-state index in [1.165, 1.54) is 0 Å². The third-order valence-electron chi connectivity index (χ3n) is 2.16. The van der Waals surface area contributed by atoms with Gasteiger partial charge in [-0.25, -0.2) is 0 Å². The number of halogens is 2. The highest BCUT2D eigenvalue weighted by atomic mass is 79.9. The quantitative estimate of drug-likeness (QED) is 0.929. The van der Waals surface area contributed by atoms with Gasteiger partial charge in [0.2, 0.25) is 0 Å². The summed E-state index contributed by atoms with van der Waals surface area (Å²) in [7, 11) is 1.69. The monoisotopic (exact) mass is 305 g/mol. The molecule has 0 spiro atoms. The number of carbonyl (C=O) groups excluding carboxylic acids is 1. The molecule has 0 aliphatic carbocycles. The standard InChI is InChI=1S/C11H13BrClNO2/c1-14(5-2-6-15)11(16)9-7-8(12)3-4-10(9)13/h3-4,7,15H,2,5-6H2,1H3. The molecule has 0 saturated carbocycles. The normalized spacial score (nSPS) is 10.2. The molecule has 0 unspecified atom stereocenters. The first-order valence-corrected chi connectivity index (χ1v) is 6.04. The molecule has 0 saturated heterocycles. The fourth-order valence-electron chi connectivity index (χ4n) is 1.28. The molecule has 1 rings (SSSR count). The third kappa shape index (κ3) is 3.47. The fraction of sp³-hybridized carbons (Fsp3) is 0.364. The van der Waals surface area contributed by atoms with Crippen LogP contribution in [-0.4, -0.2) is 36.1 Å². The molecule has 1 aromatic carbocycles. The molecule has 0 aliphatic heterocycles. The van der Waals surface area contributed by atoms with Crippen molar-refractivity contribution in [2.75, 3.05) is 20.2 Å². The first-order chi connectivity index (χ1) is 7.56. The molecule has 88 valence electrons. The molecular formula is C11H13BrClNO2. The van der Waals surface area contributed by atoms with Crippen molar-refractivity contribution in [1.29, 1.82) is 0 Å². The van der Waals surface area contributed by atoms with Gasteiger partial charge < -0.3 is 10.0 Å². The van der Waals surface area contributed by atoms with Crippen LogP contribution in [0.25, 0.3) is 0 Å². The van der Waals surface area contributed by atoms with E-state index in [1.54, 1.807) is 30.1 Å². The zero-order valence-electron chi connectivity index (χ0n) is 8.91. The van der Waals surface area contributed by atoms with E-state index in [0.717, 1.165) is 4.47 Å². The lowest BCUT2D eigenvalue weighted by Crippen LogP contribution is -2.28. The highest BCUT2D eigenvalue weighted by Gasteiger charge is 2.14. The second kappa shape index (κ2) is 6.23. The Morgan fingerprint density at radius 1 is 1.56 bits per heavy atom. The van der Waals surface area contributed by atoms with Crippen molar-refractivity contribution in [1.82, 2.24) is 4.90 Å². The van der Waals surface area contributed by atoms with Crippen molar-refractivity contribution in [2.24, 2.45) is 0 Å². The molecule has 3 nitrogen and oxygen atoms in total. The summed E-state index contributed by atoms with van der Waals surface area (Å²) in [5, 5.41) is 9.13. The minimum atomic E-state index is -0.139. The first-order valence-electron chi connectivity index (χ1n) is 4.87. The van der Waals surface area contributed by atoms with Crippen molar-refractivity contribution < 1.29 is 9.90 Å². The Balaban J connectivity index is 2.83. The summed E-state index contributed by atoms with van der Waals surface area (Å²) in [6.07, 6.45) is 0.563. The maximum Gasteiger partial charge on any atom is 0.255 e. The van der Waals surface area contributed by atoms with Gasteiger partial charge in [-0.3, -0.25) is 4.79 Å². The Hall–Kier alpha value is -0.580. The second-order valence-corrected chi connectivity index (χ2v) is 4.75. The second-order valence-electron chi connectivity index (χ2n) is 3.43. The largest absolute Gasteiger partial charge is 0.396 e. The first kappa shape index (κ1) is 13.5. The molecule has 16 heavy (non-hydrogen) atoms. The number of amides is 1. The smallest absolute Gasteiger partial charge is 0.255 e. The molecule has 0 heterocycles. The van der Waals surface area contributed by atoms with E-state index in [2.05, 4.69) is 15.9 Å². The number of aliphatic hydroxyl groups excluding tert-OH is 1. The summed E-state index contributed by atoms with van der Waals surface area (Å²) in [5.41, 5.74) is 0.469. The molecule has 0 fully saturated rings. The zero-order chi connectivity index (χ0) is 12.1. The summed E-state index contributed by atoms with van der Waals surface area (Å²) >= 11 is 9.25. The van der Waals surface area contributed by atoms with Crippen LogP contribution in [0.15, 0.2) is 22.7 Å². The topological polar surface area (TPSA) is 40.5 Å². The molecule has 0 aromatic heterocycles.